The lowest BCUT2D eigenvalue weighted by atomic mass is 9.99. The Labute approximate surface area is 425 Å². The second-order valence-corrected chi connectivity index (χ2v) is 19.1. The predicted octanol–water partition coefficient (Wildman–Crippen LogP) is 14.0. The summed E-state index contributed by atoms with van der Waals surface area (Å²) in [4.78, 5) is 71.1. The first-order valence-electron chi connectivity index (χ1n) is 26.2. The van der Waals surface area contributed by atoms with Crippen LogP contribution in [0.3, 0.4) is 0 Å². The molecule has 0 saturated carbocycles. The molecule has 72 heavy (non-hydrogen) atoms. The number of rotatable bonds is 28. The van der Waals surface area contributed by atoms with E-state index in [9.17, 15) is 29.1 Å². The molecule has 1 fully saturated rings. The number of hydrazine groups is 1. The molecule has 1 aliphatic rings. The number of anilines is 3. The van der Waals surface area contributed by atoms with Gasteiger partial charge >= 0.3 is 18.0 Å². The molecular weight excluding hydrogens is 909 g/mol. The second kappa shape index (κ2) is 27.6. The van der Waals surface area contributed by atoms with Crippen LogP contribution in [0.5, 0.6) is 17.2 Å². The van der Waals surface area contributed by atoms with Crippen molar-refractivity contribution < 1.29 is 43.3 Å². The third kappa shape index (κ3) is 14.6. The monoisotopic (exact) mass is 983 g/mol. The average molecular weight is 983 g/mol. The van der Waals surface area contributed by atoms with Gasteiger partial charge in [0.2, 0.25) is 0 Å². The first-order valence-corrected chi connectivity index (χ1v) is 26.2. The van der Waals surface area contributed by atoms with Crippen LogP contribution < -0.4 is 24.7 Å². The number of imide groups is 1. The Kier molecular flexibility index (Phi) is 20.9. The number of hydrogen-bond donors (Lipinski definition) is 2. The van der Waals surface area contributed by atoms with E-state index in [0.717, 1.165) is 50.0 Å². The summed E-state index contributed by atoms with van der Waals surface area (Å²) >= 11 is 0. The normalized spacial score (nSPS) is 14.4. The van der Waals surface area contributed by atoms with Gasteiger partial charge in [-0.25, -0.2) is 9.59 Å². The molecule has 0 bridgehead atoms. The molecule has 1 atom stereocenters. The average Bonchev–Trinajstić information content (AvgIpc) is 3.67. The molecule has 13 nitrogen and oxygen atoms in total. The van der Waals surface area contributed by atoms with Gasteiger partial charge < -0.3 is 24.6 Å². The Morgan fingerprint density at radius 1 is 0.667 bits per heavy atom. The number of ether oxygens (including phenoxy) is 3. The van der Waals surface area contributed by atoms with Crippen LogP contribution in [0.4, 0.5) is 21.9 Å². The Bertz CT molecular complexity index is 2580. The summed E-state index contributed by atoms with van der Waals surface area (Å²) in [6, 6.07) is 29.7. The Morgan fingerprint density at radius 3 is 1.92 bits per heavy atom. The summed E-state index contributed by atoms with van der Waals surface area (Å²) in [5.41, 5.74) is -0.174. The number of amides is 4. The van der Waals surface area contributed by atoms with Gasteiger partial charge in [0.15, 0.2) is 0 Å². The number of unbranched alkanes of at least 4 members (excludes halogenated alkanes) is 15. The maximum atomic E-state index is 14.7. The number of urea groups is 1. The maximum absolute atomic E-state index is 14.7. The lowest BCUT2D eigenvalue weighted by Gasteiger charge is -2.40. The van der Waals surface area contributed by atoms with E-state index in [4.69, 9.17) is 14.2 Å². The summed E-state index contributed by atoms with van der Waals surface area (Å²) in [5.74, 6) is -2.21. The number of fused-ring (bicyclic) bond motifs is 1. The molecule has 384 valence electrons. The molecule has 1 saturated heterocycles. The maximum Gasteiger partial charge on any atom is 0.350 e. The Morgan fingerprint density at radius 2 is 1.24 bits per heavy atom. The number of esters is 2. The highest BCUT2D eigenvalue weighted by Gasteiger charge is 2.52. The second-order valence-electron chi connectivity index (χ2n) is 19.1. The van der Waals surface area contributed by atoms with Crippen LogP contribution in [0.25, 0.3) is 10.8 Å². The number of nitrogens with zero attached hydrogens (tertiary/aromatic N) is 3. The topological polar surface area (TPSA) is 155 Å². The van der Waals surface area contributed by atoms with Crippen LogP contribution >= 0.6 is 0 Å². The van der Waals surface area contributed by atoms with Gasteiger partial charge in [0, 0.05) is 24.2 Å². The molecule has 0 radical (unpaired) electrons. The largest absolute Gasteiger partial charge is 0.506 e. The number of carbonyl (C=O) groups is 5. The van der Waals surface area contributed by atoms with E-state index in [0.29, 0.717) is 35.5 Å². The summed E-state index contributed by atoms with van der Waals surface area (Å²) < 4.78 is 18.0. The van der Waals surface area contributed by atoms with Gasteiger partial charge in [0.1, 0.15) is 29.4 Å². The van der Waals surface area contributed by atoms with Crippen molar-refractivity contribution in [2.24, 2.45) is 0 Å². The fraction of sp³-hybridized carbons (Fsp3) is 0.441. The molecule has 1 unspecified atom stereocenters. The molecule has 13 heteroatoms. The van der Waals surface area contributed by atoms with E-state index in [1.807, 2.05) is 12.1 Å². The summed E-state index contributed by atoms with van der Waals surface area (Å²) in [6.45, 7) is 6.50. The molecule has 0 aromatic heterocycles. The van der Waals surface area contributed by atoms with Gasteiger partial charge in [0.25, 0.3) is 11.8 Å². The smallest absolute Gasteiger partial charge is 0.350 e. The number of benzene rings is 5. The number of phenolic OH excluding ortho intramolecular Hbond substituents is 1. The van der Waals surface area contributed by atoms with E-state index in [-0.39, 0.29) is 59.1 Å². The van der Waals surface area contributed by atoms with Crippen LogP contribution in [0.1, 0.15) is 163 Å². The number of carbonyl (C=O) groups excluding carboxylic acids is 5. The fourth-order valence-electron chi connectivity index (χ4n) is 9.24. The Hall–Kier alpha value is -6.89. The van der Waals surface area contributed by atoms with Crippen molar-refractivity contribution in [2.75, 3.05) is 35.5 Å². The zero-order valence-corrected chi connectivity index (χ0v) is 42.8. The fourth-order valence-corrected chi connectivity index (χ4v) is 9.24. The van der Waals surface area contributed by atoms with Crippen LogP contribution in [-0.2, 0) is 14.3 Å². The highest BCUT2D eigenvalue weighted by molar-refractivity contribution is 6.13. The van der Waals surface area contributed by atoms with Crippen LogP contribution in [0.15, 0.2) is 109 Å². The molecule has 5 aromatic rings. The standard InChI is InChI=1S/C59H74N4O9/c1-5-7-9-11-12-13-14-15-16-17-19-30-40-70-51-38-29-27-36-49(51)60-56(67)48-41-52(45-33-24-25-34-46(45)55(48)66)72-57(68)47-35-26-28-37-50(47)61(4)58(69)62-53(64)42-59(3,63(62)44-31-21-20-22-32-44)43-71-54(65)39-23-18-10-8-6-2/h20-22,24-29,31-38,41,66H,5-19,23,30,39-40,42-43H2,1-4H3,(H,60,67). The summed E-state index contributed by atoms with van der Waals surface area (Å²) in [6.07, 6.45) is 19.8. The minimum absolute atomic E-state index is 0.00455. The van der Waals surface area contributed by atoms with Crippen molar-refractivity contribution in [1.82, 2.24) is 5.01 Å². The lowest BCUT2D eigenvalue weighted by molar-refractivity contribution is -0.145. The van der Waals surface area contributed by atoms with E-state index < -0.39 is 29.4 Å². The lowest BCUT2D eigenvalue weighted by Crippen LogP contribution is -2.56. The van der Waals surface area contributed by atoms with Gasteiger partial charge in [0.05, 0.1) is 41.2 Å². The van der Waals surface area contributed by atoms with E-state index in [1.165, 1.54) is 81.9 Å². The van der Waals surface area contributed by atoms with Gasteiger partial charge in [-0.15, -0.1) is 0 Å². The third-order valence-electron chi connectivity index (χ3n) is 13.3. The van der Waals surface area contributed by atoms with E-state index in [1.54, 1.807) is 96.9 Å². The van der Waals surface area contributed by atoms with Crippen molar-refractivity contribution in [3.63, 3.8) is 0 Å². The van der Waals surface area contributed by atoms with Crippen molar-refractivity contribution in [3.05, 3.63) is 120 Å². The third-order valence-corrected chi connectivity index (χ3v) is 13.3. The zero-order chi connectivity index (χ0) is 51.3. The van der Waals surface area contributed by atoms with E-state index in [2.05, 4.69) is 19.2 Å². The number of para-hydroxylation sites is 4. The number of hydrogen-bond acceptors (Lipinski definition) is 10. The number of aromatic hydroxyl groups is 1. The van der Waals surface area contributed by atoms with Gasteiger partial charge in [-0.1, -0.05) is 177 Å². The molecule has 2 N–H and O–H groups in total. The van der Waals surface area contributed by atoms with Crippen molar-refractivity contribution in [3.8, 4) is 17.2 Å². The minimum atomic E-state index is -1.11. The van der Waals surface area contributed by atoms with E-state index >= 15 is 0 Å². The summed E-state index contributed by atoms with van der Waals surface area (Å²) in [5, 5.41) is 17.6. The number of nitrogens with one attached hydrogen (secondary N) is 1. The molecule has 5 aromatic carbocycles. The van der Waals surface area contributed by atoms with Crippen molar-refractivity contribution in [2.45, 2.75) is 148 Å². The first kappa shape index (κ1) is 54.4. The van der Waals surface area contributed by atoms with Crippen molar-refractivity contribution in [1.29, 1.82) is 0 Å². The molecule has 1 heterocycles. The van der Waals surface area contributed by atoms with Crippen LogP contribution in [0.2, 0.25) is 0 Å². The molecule has 6 rings (SSSR count). The first-order chi connectivity index (χ1) is 35.0. The highest BCUT2D eigenvalue weighted by atomic mass is 16.5. The van der Waals surface area contributed by atoms with Crippen LogP contribution in [0, 0.1) is 0 Å². The minimum Gasteiger partial charge on any atom is -0.506 e. The molecule has 0 aliphatic carbocycles. The molecule has 0 spiro atoms. The molecule has 1 aliphatic heterocycles. The summed E-state index contributed by atoms with van der Waals surface area (Å²) in [7, 11) is 1.46. The van der Waals surface area contributed by atoms with Gasteiger partial charge in [-0.05, 0) is 62.2 Å². The molecular formula is C59H74N4O9. The zero-order valence-electron chi connectivity index (χ0n) is 42.8. The number of phenols is 1. The predicted molar refractivity (Wildman–Crippen MR) is 285 cm³/mol. The molecule has 4 amide bonds. The SMILES string of the molecule is CCCCCCCCCCCCCCOc1ccccc1NC(=O)c1cc(OC(=O)c2ccccc2N(C)C(=O)N2C(=O)CC(C)(COC(=O)CCCCCCC)N2c2ccccc2)c2ccccc2c1O. The quantitative estimate of drug-likeness (QED) is 0.0281. The highest BCUT2D eigenvalue weighted by Crippen LogP contribution is 2.40. The van der Waals surface area contributed by atoms with Gasteiger partial charge in [-0.2, -0.15) is 5.01 Å². The Balaban J connectivity index is 1.14. The van der Waals surface area contributed by atoms with Crippen molar-refractivity contribution >= 4 is 57.6 Å². The van der Waals surface area contributed by atoms with Gasteiger partial charge in [-0.3, -0.25) is 24.3 Å². The van der Waals surface area contributed by atoms with Crippen LogP contribution in [-0.4, -0.2) is 65.7 Å².